The number of nitrogens with zero attached hydrogens (tertiary/aromatic N) is 4. The van der Waals surface area contributed by atoms with Crippen LogP contribution in [0.3, 0.4) is 0 Å². The van der Waals surface area contributed by atoms with Gasteiger partial charge in [0.2, 0.25) is 5.91 Å². The molecule has 1 aliphatic rings. The Labute approximate surface area is 160 Å². The van der Waals surface area contributed by atoms with Crippen LogP contribution in [0.5, 0.6) is 0 Å². The van der Waals surface area contributed by atoms with Crippen molar-refractivity contribution in [1.82, 2.24) is 25.0 Å². The number of thiophene rings is 1. The minimum atomic E-state index is -0.0913. The zero-order chi connectivity index (χ0) is 18.4. The second kappa shape index (κ2) is 9.04. The van der Waals surface area contributed by atoms with Gasteiger partial charge in [-0.2, -0.15) is 0 Å². The summed E-state index contributed by atoms with van der Waals surface area (Å²) < 4.78 is 1.85. The van der Waals surface area contributed by atoms with E-state index in [2.05, 4.69) is 20.8 Å². The van der Waals surface area contributed by atoms with Crippen molar-refractivity contribution in [2.45, 2.75) is 18.0 Å². The van der Waals surface area contributed by atoms with Crippen LogP contribution in [-0.2, 0) is 11.8 Å². The molecular weight excluding hydrogens is 372 g/mol. The van der Waals surface area contributed by atoms with Gasteiger partial charge in [-0.05, 0) is 30.4 Å². The number of carbonyl (C=O) groups is 2. The number of hydrogen-bond donors (Lipinski definition) is 2. The van der Waals surface area contributed by atoms with Crippen molar-refractivity contribution < 1.29 is 9.59 Å². The third-order valence-corrected chi connectivity index (χ3v) is 6.03. The van der Waals surface area contributed by atoms with Crippen molar-refractivity contribution in [2.75, 3.05) is 30.7 Å². The van der Waals surface area contributed by atoms with Gasteiger partial charge in [-0.15, -0.1) is 21.5 Å². The highest BCUT2D eigenvalue weighted by molar-refractivity contribution is 7.99. The van der Waals surface area contributed by atoms with Crippen molar-refractivity contribution in [3.05, 3.63) is 23.8 Å². The van der Waals surface area contributed by atoms with Gasteiger partial charge in [0.15, 0.2) is 5.16 Å². The Balaban J connectivity index is 1.34. The Bertz CT molecular complexity index is 725. The molecule has 3 rings (SSSR count). The van der Waals surface area contributed by atoms with E-state index in [0.717, 1.165) is 15.9 Å². The van der Waals surface area contributed by atoms with Crippen LogP contribution < -0.4 is 10.6 Å². The first-order chi connectivity index (χ1) is 12.6. The molecule has 0 radical (unpaired) electrons. The number of amides is 3. The molecule has 26 heavy (non-hydrogen) atoms. The quantitative estimate of drug-likeness (QED) is 0.578. The average Bonchev–Trinajstić information content (AvgIpc) is 3.30. The van der Waals surface area contributed by atoms with Gasteiger partial charge in [0.05, 0.1) is 5.00 Å². The molecule has 10 heteroatoms. The maximum Gasteiger partial charge on any atom is 0.322 e. The molecule has 8 nitrogen and oxygen atoms in total. The summed E-state index contributed by atoms with van der Waals surface area (Å²) in [6.45, 7) is 1.79. The fraction of sp³-hybridized carbons (Fsp3) is 0.500. The molecule has 0 aliphatic carbocycles. The lowest BCUT2D eigenvalue weighted by molar-refractivity contribution is -0.126. The highest BCUT2D eigenvalue weighted by Gasteiger charge is 2.27. The van der Waals surface area contributed by atoms with Crippen molar-refractivity contribution in [1.29, 1.82) is 0 Å². The first-order valence-electron chi connectivity index (χ1n) is 8.47. The first-order valence-corrected chi connectivity index (χ1v) is 10.3. The molecule has 0 aromatic carbocycles. The van der Waals surface area contributed by atoms with Crippen LogP contribution in [0, 0.1) is 5.92 Å². The smallest absolute Gasteiger partial charge is 0.322 e. The highest BCUT2D eigenvalue weighted by atomic mass is 32.2. The van der Waals surface area contributed by atoms with Gasteiger partial charge in [-0.1, -0.05) is 11.8 Å². The van der Waals surface area contributed by atoms with Gasteiger partial charge >= 0.3 is 6.03 Å². The lowest BCUT2D eigenvalue weighted by Crippen LogP contribution is -2.44. The molecule has 2 N–H and O–H groups in total. The van der Waals surface area contributed by atoms with Crippen molar-refractivity contribution in [3.8, 4) is 0 Å². The average molecular weight is 395 g/mol. The van der Waals surface area contributed by atoms with E-state index in [-0.39, 0.29) is 17.9 Å². The minimum Gasteiger partial charge on any atom is -0.355 e. The second-order valence-electron chi connectivity index (χ2n) is 6.03. The van der Waals surface area contributed by atoms with Crippen LogP contribution in [0.2, 0.25) is 0 Å². The van der Waals surface area contributed by atoms with Crippen LogP contribution in [0.15, 0.2) is 29.0 Å². The minimum absolute atomic E-state index is 0.0272. The number of nitrogens with one attached hydrogen (secondary N) is 2. The van der Waals surface area contributed by atoms with Gasteiger partial charge in [0.1, 0.15) is 6.33 Å². The van der Waals surface area contributed by atoms with E-state index in [1.165, 1.54) is 11.3 Å². The topological polar surface area (TPSA) is 92.2 Å². The molecule has 3 heterocycles. The Kier molecular flexibility index (Phi) is 6.51. The summed E-state index contributed by atoms with van der Waals surface area (Å²) in [7, 11) is 1.89. The number of thioether (sulfide) groups is 1. The molecule has 1 aliphatic heterocycles. The zero-order valence-corrected chi connectivity index (χ0v) is 16.2. The van der Waals surface area contributed by atoms with Crippen molar-refractivity contribution in [3.63, 3.8) is 0 Å². The number of aryl methyl sites for hydroxylation is 1. The second-order valence-corrected chi connectivity index (χ2v) is 8.04. The largest absolute Gasteiger partial charge is 0.355 e. The summed E-state index contributed by atoms with van der Waals surface area (Å²) in [6.07, 6.45) is 3.05. The molecule has 0 bridgehead atoms. The normalized spacial score (nSPS) is 15.0. The van der Waals surface area contributed by atoms with Crippen molar-refractivity contribution in [2.24, 2.45) is 13.0 Å². The van der Waals surface area contributed by atoms with Gasteiger partial charge in [0, 0.05) is 38.4 Å². The molecule has 2 aromatic rings. The Hall–Kier alpha value is -2.07. The number of likely N-dealkylation sites (tertiary alicyclic amines) is 1. The van der Waals surface area contributed by atoms with Crippen molar-refractivity contribution >= 4 is 40.0 Å². The summed E-state index contributed by atoms with van der Waals surface area (Å²) in [5.74, 6) is 0.794. The summed E-state index contributed by atoms with van der Waals surface area (Å²) in [4.78, 5) is 26.3. The zero-order valence-electron chi connectivity index (χ0n) is 14.6. The number of urea groups is 1. The molecular formula is C16H22N6O2S2. The van der Waals surface area contributed by atoms with E-state index in [4.69, 9.17) is 0 Å². The van der Waals surface area contributed by atoms with Crippen LogP contribution in [0.4, 0.5) is 9.80 Å². The lowest BCUT2D eigenvalue weighted by Gasteiger charge is -2.31. The third kappa shape index (κ3) is 4.98. The van der Waals surface area contributed by atoms with Gasteiger partial charge in [-0.25, -0.2) is 4.79 Å². The number of carbonyl (C=O) groups excluding carboxylic acids is 2. The fourth-order valence-corrected chi connectivity index (χ4v) is 4.09. The molecule has 2 aromatic heterocycles. The summed E-state index contributed by atoms with van der Waals surface area (Å²) in [5, 5.41) is 17.3. The summed E-state index contributed by atoms with van der Waals surface area (Å²) in [5.41, 5.74) is 0. The maximum atomic E-state index is 12.3. The highest BCUT2D eigenvalue weighted by Crippen LogP contribution is 2.20. The van der Waals surface area contributed by atoms with Crippen LogP contribution in [-0.4, -0.2) is 57.0 Å². The molecule has 140 valence electrons. The first kappa shape index (κ1) is 18.7. The molecule has 1 saturated heterocycles. The fourth-order valence-electron chi connectivity index (χ4n) is 2.74. The number of piperidine rings is 1. The number of rotatable bonds is 6. The predicted octanol–water partition coefficient (Wildman–Crippen LogP) is 2.03. The Morgan fingerprint density at radius 1 is 1.38 bits per heavy atom. The predicted molar refractivity (Wildman–Crippen MR) is 102 cm³/mol. The van der Waals surface area contributed by atoms with Gasteiger partial charge < -0.3 is 14.8 Å². The third-order valence-electron chi connectivity index (χ3n) is 4.21. The lowest BCUT2D eigenvalue weighted by atomic mass is 9.96. The standard InChI is InChI=1S/C16H22N6O2S2/c1-21-11-18-20-16(21)26-10-6-17-14(23)12-4-7-22(8-5-12)15(24)19-13-3-2-9-25-13/h2-3,9,11-12H,4-8,10H2,1H3,(H,17,23)(H,19,24). The maximum absolute atomic E-state index is 12.3. The van der Waals surface area contributed by atoms with E-state index in [0.29, 0.717) is 32.5 Å². The molecule has 0 saturated carbocycles. The Morgan fingerprint density at radius 3 is 2.85 bits per heavy atom. The Morgan fingerprint density at radius 2 is 2.19 bits per heavy atom. The van der Waals surface area contributed by atoms with E-state index in [1.54, 1.807) is 23.0 Å². The monoisotopic (exact) mass is 394 g/mol. The van der Waals surface area contributed by atoms with E-state index >= 15 is 0 Å². The molecule has 0 spiro atoms. The molecule has 0 atom stereocenters. The molecule has 1 fully saturated rings. The van der Waals surface area contributed by atoms with Gasteiger partial charge in [0.25, 0.3) is 0 Å². The van der Waals surface area contributed by atoms with Crippen LogP contribution >= 0.6 is 23.1 Å². The summed E-state index contributed by atoms with van der Waals surface area (Å²) >= 11 is 3.06. The summed E-state index contributed by atoms with van der Waals surface area (Å²) in [6, 6.07) is 3.69. The van der Waals surface area contributed by atoms with Crippen LogP contribution in [0.25, 0.3) is 0 Å². The van der Waals surface area contributed by atoms with Gasteiger partial charge in [-0.3, -0.25) is 10.1 Å². The SMILES string of the molecule is Cn1cnnc1SCCNC(=O)C1CCN(C(=O)Nc2cccs2)CC1. The number of aromatic nitrogens is 3. The van der Waals surface area contributed by atoms with E-state index in [1.807, 2.05) is 29.1 Å². The molecule has 0 unspecified atom stereocenters. The van der Waals surface area contributed by atoms with E-state index in [9.17, 15) is 9.59 Å². The number of anilines is 1. The van der Waals surface area contributed by atoms with E-state index < -0.39 is 0 Å². The van der Waals surface area contributed by atoms with Crippen LogP contribution in [0.1, 0.15) is 12.8 Å². The number of hydrogen-bond acceptors (Lipinski definition) is 6. The molecule has 3 amide bonds.